The van der Waals surface area contributed by atoms with Crippen LogP contribution in [0.3, 0.4) is 0 Å². The van der Waals surface area contributed by atoms with E-state index in [-0.39, 0.29) is 17.4 Å². The molecule has 2 aromatic heterocycles. The summed E-state index contributed by atoms with van der Waals surface area (Å²) in [5.74, 6) is 3.67. The Morgan fingerprint density at radius 3 is 2.44 bits per heavy atom. The molecule has 6 heteroatoms. The normalized spacial score (nSPS) is 32.4. The van der Waals surface area contributed by atoms with Crippen molar-refractivity contribution in [1.82, 2.24) is 20.4 Å². The van der Waals surface area contributed by atoms with Gasteiger partial charge >= 0.3 is 0 Å². The van der Waals surface area contributed by atoms with Gasteiger partial charge in [0.05, 0.1) is 0 Å². The fraction of sp³-hybridized carbons (Fsp3) is 0.619. The van der Waals surface area contributed by atoms with E-state index in [1.54, 1.807) is 12.4 Å². The zero-order chi connectivity index (χ0) is 18.4. The average molecular weight is 366 g/mol. The summed E-state index contributed by atoms with van der Waals surface area (Å²) < 4.78 is 5.38. The highest BCUT2D eigenvalue weighted by Gasteiger charge is 2.51. The molecule has 1 unspecified atom stereocenters. The number of hydrogen-bond donors (Lipinski definition) is 1. The summed E-state index contributed by atoms with van der Waals surface area (Å²) >= 11 is 0. The third-order valence-corrected chi connectivity index (χ3v) is 6.83. The number of amides is 1. The Kier molecular flexibility index (Phi) is 4.02. The maximum absolute atomic E-state index is 12.8. The second-order valence-corrected chi connectivity index (χ2v) is 9.08. The monoisotopic (exact) mass is 366 g/mol. The molecule has 4 aliphatic carbocycles. The minimum Gasteiger partial charge on any atom is -0.345 e. The molecule has 0 saturated heterocycles. The van der Waals surface area contributed by atoms with E-state index in [9.17, 15) is 4.79 Å². The molecule has 1 amide bonds. The van der Waals surface area contributed by atoms with Crippen molar-refractivity contribution in [2.45, 2.75) is 57.9 Å². The molecule has 4 bridgehead atoms. The molecule has 4 saturated carbocycles. The van der Waals surface area contributed by atoms with Gasteiger partial charge in [-0.25, -0.2) is 0 Å². The predicted molar refractivity (Wildman–Crippen MR) is 99.3 cm³/mol. The standard InChI is InChI=1S/C21H26N4O2/c1-13(20-24-19(25-27-20)17-2-4-22-5-3-17)23-18(26)12-21-9-14-6-15(10-21)8-16(7-14)11-21/h2-5,13-16H,6-12H2,1H3,(H,23,26). The van der Waals surface area contributed by atoms with E-state index >= 15 is 0 Å². The lowest BCUT2D eigenvalue weighted by Gasteiger charge is -2.56. The maximum Gasteiger partial charge on any atom is 0.249 e. The van der Waals surface area contributed by atoms with Crippen molar-refractivity contribution >= 4 is 5.91 Å². The summed E-state index contributed by atoms with van der Waals surface area (Å²) in [4.78, 5) is 21.2. The fourth-order valence-corrected chi connectivity index (χ4v) is 6.23. The Hall–Kier alpha value is -2.24. The van der Waals surface area contributed by atoms with Crippen LogP contribution in [0, 0.1) is 23.2 Å². The van der Waals surface area contributed by atoms with Gasteiger partial charge in [0.2, 0.25) is 17.6 Å². The van der Waals surface area contributed by atoms with Crippen LogP contribution in [0.4, 0.5) is 0 Å². The van der Waals surface area contributed by atoms with E-state index < -0.39 is 0 Å². The number of hydrogen-bond acceptors (Lipinski definition) is 5. The van der Waals surface area contributed by atoms with Gasteiger partial charge in [0.1, 0.15) is 6.04 Å². The number of nitrogens with one attached hydrogen (secondary N) is 1. The number of aromatic nitrogens is 3. The van der Waals surface area contributed by atoms with Crippen LogP contribution in [0.25, 0.3) is 11.4 Å². The Morgan fingerprint density at radius 2 is 1.81 bits per heavy atom. The van der Waals surface area contributed by atoms with Crippen molar-refractivity contribution in [2.75, 3.05) is 0 Å². The van der Waals surface area contributed by atoms with Gasteiger partial charge in [-0.1, -0.05) is 5.16 Å². The first kappa shape index (κ1) is 16.9. The lowest BCUT2D eigenvalue weighted by Crippen LogP contribution is -2.48. The summed E-state index contributed by atoms with van der Waals surface area (Å²) in [5, 5.41) is 7.12. The van der Waals surface area contributed by atoms with Crippen LogP contribution < -0.4 is 5.32 Å². The topological polar surface area (TPSA) is 80.9 Å². The first-order valence-corrected chi connectivity index (χ1v) is 10.1. The third-order valence-electron chi connectivity index (χ3n) is 6.83. The first-order chi connectivity index (χ1) is 13.1. The molecule has 142 valence electrons. The molecule has 4 aliphatic rings. The Morgan fingerprint density at radius 1 is 1.19 bits per heavy atom. The minimum absolute atomic E-state index is 0.119. The molecule has 4 fully saturated rings. The van der Waals surface area contributed by atoms with E-state index in [4.69, 9.17) is 4.52 Å². The second kappa shape index (κ2) is 6.43. The molecule has 6 rings (SSSR count). The Labute approximate surface area is 159 Å². The van der Waals surface area contributed by atoms with Crippen LogP contribution in [0.15, 0.2) is 29.0 Å². The zero-order valence-electron chi connectivity index (χ0n) is 15.7. The predicted octanol–water partition coefficient (Wildman–Crippen LogP) is 3.92. The Bertz CT molecular complexity index is 796. The number of nitrogens with zero attached hydrogens (tertiary/aromatic N) is 3. The molecule has 0 radical (unpaired) electrons. The highest BCUT2D eigenvalue weighted by Crippen LogP contribution is 2.61. The molecule has 0 aromatic carbocycles. The molecule has 1 atom stereocenters. The van der Waals surface area contributed by atoms with E-state index in [1.807, 2.05) is 19.1 Å². The maximum atomic E-state index is 12.8. The van der Waals surface area contributed by atoms with Crippen molar-refractivity contribution in [3.8, 4) is 11.4 Å². The van der Waals surface area contributed by atoms with Crippen molar-refractivity contribution < 1.29 is 9.32 Å². The van der Waals surface area contributed by atoms with Crippen LogP contribution in [0.2, 0.25) is 0 Å². The smallest absolute Gasteiger partial charge is 0.249 e. The molecule has 2 heterocycles. The van der Waals surface area contributed by atoms with Gasteiger partial charge < -0.3 is 9.84 Å². The van der Waals surface area contributed by atoms with Crippen molar-refractivity contribution in [3.05, 3.63) is 30.4 Å². The Balaban J connectivity index is 1.23. The number of rotatable bonds is 5. The SMILES string of the molecule is CC(NC(=O)CC12CC3CC(CC(C3)C1)C2)c1nc(-c2ccncc2)no1. The van der Waals surface area contributed by atoms with Crippen LogP contribution in [-0.4, -0.2) is 21.0 Å². The highest BCUT2D eigenvalue weighted by molar-refractivity contribution is 5.77. The van der Waals surface area contributed by atoms with Crippen molar-refractivity contribution in [2.24, 2.45) is 23.2 Å². The van der Waals surface area contributed by atoms with E-state index in [0.717, 1.165) is 23.3 Å². The molecule has 0 aliphatic heterocycles. The number of carbonyl (C=O) groups is 1. The third kappa shape index (κ3) is 3.26. The van der Waals surface area contributed by atoms with Gasteiger partial charge in [0.25, 0.3) is 0 Å². The van der Waals surface area contributed by atoms with Crippen molar-refractivity contribution in [1.29, 1.82) is 0 Å². The van der Waals surface area contributed by atoms with Gasteiger partial charge in [-0.3, -0.25) is 9.78 Å². The van der Waals surface area contributed by atoms with Gasteiger partial charge in [-0.2, -0.15) is 4.98 Å². The summed E-state index contributed by atoms with van der Waals surface area (Å²) in [7, 11) is 0. The minimum atomic E-state index is -0.283. The van der Waals surface area contributed by atoms with Crippen LogP contribution in [0.5, 0.6) is 0 Å². The molecule has 27 heavy (non-hydrogen) atoms. The van der Waals surface area contributed by atoms with Gasteiger partial charge in [0.15, 0.2) is 0 Å². The molecule has 2 aromatic rings. The highest BCUT2D eigenvalue weighted by atomic mass is 16.5. The average Bonchev–Trinajstić information content (AvgIpc) is 3.11. The summed E-state index contributed by atoms with van der Waals surface area (Å²) in [6, 6.07) is 3.39. The lowest BCUT2D eigenvalue weighted by atomic mass is 9.49. The van der Waals surface area contributed by atoms with Gasteiger partial charge in [-0.15, -0.1) is 0 Å². The van der Waals surface area contributed by atoms with E-state index in [0.29, 0.717) is 18.1 Å². The molecule has 0 spiro atoms. The quantitative estimate of drug-likeness (QED) is 0.867. The van der Waals surface area contributed by atoms with Crippen LogP contribution in [-0.2, 0) is 4.79 Å². The first-order valence-electron chi connectivity index (χ1n) is 10.1. The van der Waals surface area contributed by atoms with Gasteiger partial charge in [-0.05, 0) is 80.8 Å². The molecule has 1 N–H and O–H groups in total. The summed E-state index contributed by atoms with van der Waals surface area (Å²) in [5.41, 5.74) is 1.10. The summed E-state index contributed by atoms with van der Waals surface area (Å²) in [6.45, 7) is 1.90. The van der Waals surface area contributed by atoms with Crippen molar-refractivity contribution in [3.63, 3.8) is 0 Å². The molecule has 6 nitrogen and oxygen atoms in total. The van der Waals surface area contributed by atoms with E-state index in [1.165, 1.54) is 38.5 Å². The lowest BCUT2D eigenvalue weighted by molar-refractivity contribution is -0.130. The van der Waals surface area contributed by atoms with Crippen LogP contribution >= 0.6 is 0 Å². The number of pyridine rings is 1. The van der Waals surface area contributed by atoms with Gasteiger partial charge in [0, 0.05) is 24.4 Å². The molecular formula is C21H26N4O2. The molecular weight excluding hydrogens is 340 g/mol. The van der Waals surface area contributed by atoms with Crippen LogP contribution in [0.1, 0.15) is 63.8 Å². The zero-order valence-corrected chi connectivity index (χ0v) is 15.7. The fourth-order valence-electron chi connectivity index (χ4n) is 6.23. The largest absolute Gasteiger partial charge is 0.345 e. The number of carbonyl (C=O) groups excluding carboxylic acids is 1. The van der Waals surface area contributed by atoms with E-state index in [2.05, 4.69) is 20.4 Å². The second-order valence-electron chi connectivity index (χ2n) is 9.08. The summed E-state index contributed by atoms with van der Waals surface area (Å²) in [6.07, 6.45) is 12.0.